The topological polar surface area (TPSA) is 24.7 Å². The number of nitrogens with zero attached hydrogens (tertiary/aromatic N) is 2. The molecule has 0 spiro atoms. The second-order valence-electron chi connectivity index (χ2n) is 8.16. The zero-order chi connectivity index (χ0) is 13.0. The fourth-order valence-electron chi connectivity index (χ4n) is 7.38. The van der Waals surface area contributed by atoms with E-state index in [1.165, 1.54) is 17.8 Å². The maximum Gasteiger partial charge on any atom is 0.0567 e. The van der Waals surface area contributed by atoms with Crippen molar-refractivity contribution in [2.75, 3.05) is 0 Å². The minimum atomic E-state index is 0.683. The lowest BCUT2D eigenvalue weighted by Gasteiger charge is -2.49. The Morgan fingerprint density at radius 2 is 1.05 bits per heavy atom. The quantitative estimate of drug-likeness (QED) is 0.678. The third-order valence-corrected chi connectivity index (χ3v) is 7.14. The molecule has 0 aromatic carbocycles. The highest BCUT2D eigenvalue weighted by molar-refractivity contribution is 5.80. The number of hydrogen-bond acceptors (Lipinski definition) is 2. The highest BCUT2D eigenvalue weighted by Crippen LogP contribution is 2.83. The Bertz CT molecular complexity index is 461. The maximum atomic E-state index is 5.08. The Hall–Kier alpha value is -0.660. The van der Waals surface area contributed by atoms with Crippen LogP contribution in [-0.2, 0) is 0 Å². The van der Waals surface area contributed by atoms with Crippen molar-refractivity contribution < 1.29 is 0 Å². The molecule has 5 fully saturated rings. The minimum absolute atomic E-state index is 0.683. The number of rotatable bonds is 2. The first-order valence-electron chi connectivity index (χ1n) is 8.11. The molecular formula is C17H24N2. The van der Waals surface area contributed by atoms with Gasteiger partial charge in [0.15, 0.2) is 0 Å². The molecular weight excluding hydrogens is 232 g/mol. The van der Waals surface area contributed by atoms with Crippen LogP contribution in [0.25, 0.3) is 0 Å². The maximum absolute atomic E-state index is 5.08. The Labute approximate surface area is 115 Å². The molecule has 19 heavy (non-hydrogen) atoms. The lowest BCUT2D eigenvalue weighted by atomic mass is 9.58. The van der Waals surface area contributed by atoms with Crippen LogP contribution in [0.4, 0.5) is 0 Å². The molecule has 10 atom stereocenters. The molecule has 0 amide bonds. The molecule has 5 aliphatic carbocycles. The predicted molar refractivity (Wildman–Crippen MR) is 77.7 cm³/mol. The summed E-state index contributed by atoms with van der Waals surface area (Å²) in [5.74, 6) is 7.80. The third-order valence-electron chi connectivity index (χ3n) is 7.14. The summed E-state index contributed by atoms with van der Waals surface area (Å²) in [4.78, 5) is 10.2. The van der Waals surface area contributed by atoms with E-state index in [9.17, 15) is 0 Å². The molecule has 2 bridgehead atoms. The molecule has 0 aromatic heterocycles. The molecule has 5 aliphatic rings. The fraction of sp³-hybridized carbons (Fsp3) is 0.882. The summed E-state index contributed by atoms with van der Waals surface area (Å²) in [6.07, 6.45) is 1.53. The minimum Gasteiger partial charge on any atom is -0.291 e. The molecule has 0 aliphatic heterocycles. The predicted octanol–water partition coefficient (Wildman–Crippen LogP) is 3.07. The monoisotopic (exact) mass is 256 g/mol. The first-order valence-corrected chi connectivity index (χ1v) is 8.11. The summed E-state index contributed by atoms with van der Waals surface area (Å²) in [7, 11) is 0. The largest absolute Gasteiger partial charge is 0.291 e. The number of aliphatic imine (C=N–C) groups is 2. The summed E-state index contributed by atoms with van der Waals surface area (Å²) < 4.78 is 0. The van der Waals surface area contributed by atoms with Gasteiger partial charge in [-0.15, -0.1) is 0 Å². The smallest absolute Gasteiger partial charge is 0.0567 e. The van der Waals surface area contributed by atoms with Gasteiger partial charge in [-0.05, 0) is 81.5 Å². The highest BCUT2D eigenvalue weighted by atomic mass is 15.0. The van der Waals surface area contributed by atoms with Gasteiger partial charge >= 0.3 is 0 Å². The van der Waals surface area contributed by atoms with Gasteiger partial charge in [0, 0.05) is 11.4 Å². The highest BCUT2D eigenvalue weighted by Gasteiger charge is 2.83. The zero-order valence-electron chi connectivity index (χ0n) is 12.4. The molecule has 2 heteroatoms. The first kappa shape index (κ1) is 11.0. The first-order chi connectivity index (χ1) is 9.09. The average molecular weight is 256 g/mol. The SMILES string of the molecule is CC(C)=NC1C2C3CC4C2C(N=C(C)C)C2C4C3C12. The Morgan fingerprint density at radius 3 is 1.42 bits per heavy atom. The molecule has 0 saturated heterocycles. The summed E-state index contributed by atoms with van der Waals surface area (Å²) in [5, 5.41) is 0. The third kappa shape index (κ3) is 1.02. The van der Waals surface area contributed by atoms with E-state index in [-0.39, 0.29) is 0 Å². The summed E-state index contributed by atoms with van der Waals surface area (Å²) in [6, 6.07) is 1.37. The average Bonchev–Trinajstić information content (AvgIpc) is 2.77. The Balaban J connectivity index is 1.61. The van der Waals surface area contributed by atoms with Crippen molar-refractivity contribution in [3.8, 4) is 0 Å². The van der Waals surface area contributed by atoms with Gasteiger partial charge in [-0.25, -0.2) is 0 Å². The van der Waals surface area contributed by atoms with Crippen molar-refractivity contribution >= 4 is 11.4 Å². The lowest BCUT2D eigenvalue weighted by Crippen LogP contribution is -2.50. The molecule has 5 rings (SSSR count). The van der Waals surface area contributed by atoms with Crippen molar-refractivity contribution in [2.24, 2.45) is 57.3 Å². The van der Waals surface area contributed by atoms with Gasteiger partial charge in [0.1, 0.15) is 0 Å². The Morgan fingerprint density at radius 1 is 0.632 bits per heavy atom. The number of fused-ring (bicyclic) bond motifs is 2. The molecule has 0 heterocycles. The Kier molecular flexibility index (Phi) is 1.83. The van der Waals surface area contributed by atoms with Crippen molar-refractivity contribution in [3.05, 3.63) is 0 Å². The van der Waals surface area contributed by atoms with E-state index in [0.29, 0.717) is 12.1 Å². The van der Waals surface area contributed by atoms with Gasteiger partial charge in [-0.1, -0.05) is 0 Å². The van der Waals surface area contributed by atoms with E-state index in [1.807, 2.05) is 0 Å². The van der Waals surface area contributed by atoms with Gasteiger partial charge in [0.2, 0.25) is 0 Å². The summed E-state index contributed by atoms with van der Waals surface area (Å²) in [5.41, 5.74) is 2.59. The van der Waals surface area contributed by atoms with E-state index in [2.05, 4.69) is 27.7 Å². The van der Waals surface area contributed by atoms with Crippen LogP contribution < -0.4 is 0 Å². The van der Waals surface area contributed by atoms with Crippen molar-refractivity contribution in [3.63, 3.8) is 0 Å². The second-order valence-corrected chi connectivity index (χ2v) is 8.16. The van der Waals surface area contributed by atoms with E-state index >= 15 is 0 Å². The lowest BCUT2D eigenvalue weighted by molar-refractivity contribution is 0.00873. The zero-order valence-corrected chi connectivity index (χ0v) is 12.4. The van der Waals surface area contributed by atoms with E-state index in [4.69, 9.17) is 9.98 Å². The van der Waals surface area contributed by atoms with Crippen LogP contribution in [0.3, 0.4) is 0 Å². The van der Waals surface area contributed by atoms with Crippen LogP contribution in [0, 0.1) is 47.3 Å². The van der Waals surface area contributed by atoms with E-state index in [1.54, 1.807) is 0 Å². The van der Waals surface area contributed by atoms with Gasteiger partial charge in [0.05, 0.1) is 12.1 Å². The number of hydrogen-bond donors (Lipinski definition) is 0. The van der Waals surface area contributed by atoms with Crippen LogP contribution >= 0.6 is 0 Å². The molecule has 2 nitrogen and oxygen atoms in total. The van der Waals surface area contributed by atoms with Crippen LogP contribution in [-0.4, -0.2) is 23.5 Å². The van der Waals surface area contributed by atoms with Gasteiger partial charge in [-0.3, -0.25) is 9.98 Å². The summed E-state index contributed by atoms with van der Waals surface area (Å²) in [6.45, 7) is 8.72. The molecule has 10 unspecified atom stereocenters. The molecule has 0 radical (unpaired) electrons. The van der Waals surface area contributed by atoms with Gasteiger partial charge < -0.3 is 0 Å². The van der Waals surface area contributed by atoms with Crippen molar-refractivity contribution in [1.29, 1.82) is 0 Å². The fourth-order valence-corrected chi connectivity index (χ4v) is 7.38. The normalized spacial score (nSPS) is 61.5. The standard InChI is InChI=1S/C17H24N2/c1-6(2)18-16-12-8-5-9-11-10(8)14(16)15(11)17(13(9)12)19-7(3)4/h8-17H,5H2,1-4H3. The van der Waals surface area contributed by atoms with E-state index < -0.39 is 0 Å². The van der Waals surface area contributed by atoms with Crippen molar-refractivity contribution in [2.45, 2.75) is 46.2 Å². The second kappa shape index (κ2) is 3.15. The molecule has 5 saturated carbocycles. The van der Waals surface area contributed by atoms with Crippen LogP contribution in [0.2, 0.25) is 0 Å². The van der Waals surface area contributed by atoms with Gasteiger partial charge in [-0.2, -0.15) is 0 Å². The van der Waals surface area contributed by atoms with Crippen LogP contribution in [0.1, 0.15) is 34.1 Å². The van der Waals surface area contributed by atoms with Crippen LogP contribution in [0.5, 0.6) is 0 Å². The van der Waals surface area contributed by atoms with E-state index in [0.717, 1.165) is 47.3 Å². The van der Waals surface area contributed by atoms with Crippen molar-refractivity contribution in [1.82, 2.24) is 0 Å². The van der Waals surface area contributed by atoms with Crippen LogP contribution in [0.15, 0.2) is 9.98 Å². The van der Waals surface area contributed by atoms with Gasteiger partial charge in [0.25, 0.3) is 0 Å². The molecule has 0 N–H and O–H groups in total. The molecule has 0 aromatic rings. The molecule has 102 valence electrons. The summed E-state index contributed by atoms with van der Waals surface area (Å²) >= 11 is 0.